The predicted molar refractivity (Wildman–Crippen MR) is 108 cm³/mol. The van der Waals surface area contributed by atoms with E-state index in [1.165, 1.54) is 28.8 Å². The Hall–Kier alpha value is -2.71. The minimum absolute atomic E-state index is 0.0183. The molecule has 26 heavy (non-hydrogen) atoms. The fraction of sp³-hybridized carbons (Fsp3) is 0.111. The second-order valence-corrected chi connectivity index (χ2v) is 7.34. The molecule has 1 fully saturated rings. The van der Waals surface area contributed by atoms with Crippen LogP contribution in [-0.4, -0.2) is 26.7 Å². The predicted octanol–water partition coefficient (Wildman–Crippen LogP) is 4.17. The molecule has 1 aliphatic rings. The molecule has 0 spiro atoms. The summed E-state index contributed by atoms with van der Waals surface area (Å²) in [7, 11) is 0. The lowest BCUT2D eigenvalue weighted by atomic mass is 10.2. The van der Waals surface area contributed by atoms with Gasteiger partial charge in [-0.3, -0.25) is 19.8 Å². The number of carbonyl (C=O) groups excluding carboxylic acids is 1. The maximum absolute atomic E-state index is 12.6. The van der Waals surface area contributed by atoms with E-state index in [1.807, 2.05) is 31.2 Å². The summed E-state index contributed by atoms with van der Waals surface area (Å²) in [5.74, 6) is -0.217. The Labute approximate surface area is 160 Å². The van der Waals surface area contributed by atoms with Gasteiger partial charge in [-0.25, -0.2) is 0 Å². The van der Waals surface area contributed by atoms with E-state index in [0.717, 1.165) is 11.3 Å². The van der Waals surface area contributed by atoms with Crippen LogP contribution in [0.1, 0.15) is 11.1 Å². The molecule has 0 bridgehead atoms. The van der Waals surface area contributed by atoms with E-state index in [0.29, 0.717) is 14.8 Å². The molecule has 8 heteroatoms. The maximum Gasteiger partial charge on any atom is 0.270 e. The Bertz CT molecular complexity index is 910. The number of nitrogens with zero attached hydrogens (tertiary/aromatic N) is 2. The summed E-state index contributed by atoms with van der Waals surface area (Å²) in [4.78, 5) is 24.9. The summed E-state index contributed by atoms with van der Waals surface area (Å²) in [6, 6.07) is 14.0. The first-order valence-corrected chi connectivity index (χ1v) is 8.97. The van der Waals surface area contributed by atoms with Gasteiger partial charge in [-0.2, -0.15) is 0 Å². The normalized spacial score (nSPS) is 15.6. The van der Waals surface area contributed by atoms with Crippen LogP contribution in [0.3, 0.4) is 0 Å². The second kappa shape index (κ2) is 7.67. The minimum Gasteiger partial charge on any atom is -0.367 e. The third kappa shape index (κ3) is 4.09. The van der Waals surface area contributed by atoms with Crippen LogP contribution < -0.4 is 5.32 Å². The molecule has 0 unspecified atom stereocenters. The molecule has 6 nitrogen and oxygen atoms in total. The van der Waals surface area contributed by atoms with E-state index in [1.54, 1.807) is 18.2 Å². The number of aryl methyl sites for hydroxylation is 1. The van der Waals surface area contributed by atoms with Gasteiger partial charge in [0, 0.05) is 17.8 Å². The summed E-state index contributed by atoms with van der Waals surface area (Å²) in [5.41, 5.74) is 2.62. The zero-order valence-electron chi connectivity index (χ0n) is 13.8. The van der Waals surface area contributed by atoms with Crippen LogP contribution in [0.5, 0.6) is 0 Å². The van der Waals surface area contributed by atoms with Crippen LogP contribution in [0.25, 0.3) is 6.08 Å². The molecule has 1 amide bonds. The van der Waals surface area contributed by atoms with Crippen molar-refractivity contribution in [3.8, 4) is 0 Å². The van der Waals surface area contributed by atoms with Crippen molar-refractivity contribution < 1.29 is 9.72 Å². The zero-order valence-corrected chi connectivity index (χ0v) is 15.5. The molecule has 3 rings (SSSR count). The van der Waals surface area contributed by atoms with Gasteiger partial charge in [0.05, 0.1) is 16.5 Å². The molecule has 0 aliphatic carbocycles. The minimum atomic E-state index is -0.464. The quantitative estimate of drug-likeness (QED) is 0.360. The number of nitrogens with one attached hydrogen (secondary N) is 1. The van der Waals surface area contributed by atoms with Gasteiger partial charge in [-0.1, -0.05) is 53.8 Å². The largest absolute Gasteiger partial charge is 0.367 e. The van der Waals surface area contributed by atoms with Crippen LogP contribution in [0.15, 0.2) is 53.4 Å². The van der Waals surface area contributed by atoms with Gasteiger partial charge >= 0.3 is 0 Å². The van der Waals surface area contributed by atoms with E-state index >= 15 is 0 Å². The average molecular weight is 385 g/mol. The van der Waals surface area contributed by atoms with Crippen molar-refractivity contribution in [2.24, 2.45) is 0 Å². The molecule has 0 radical (unpaired) electrons. The van der Waals surface area contributed by atoms with Crippen LogP contribution in [0, 0.1) is 17.0 Å². The van der Waals surface area contributed by atoms with E-state index in [-0.39, 0.29) is 18.3 Å². The fourth-order valence-corrected chi connectivity index (χ4v) is 3.61. The van der Waals surface area contributed by atoms with E-state index in [9.17, 15) is 14.9 Å². The summed E-state index contributed by atoms with van der Waals surface area (Å²) in [5, 5.41) is 14.0. The highest BCUT2D eigenvalue weighted by Crippen LogP contribution is 2.32. The smallest absolute Gasteiger partial charge is 0.270 e. The molecule has 2 aromatic carbocycles. The second-order valence-electron chi connectivity index (χ2n) is 5.66. The van der Waals surface area contributed by atoms with Crippen molar-refractivity contribution in [3.05, 3.63) is 74.7 Å². The number of nitro groups is 1. The number of thioether (sulfide) groups is 1. The zero-order chi connectivity index (χ0) is 18.7. The molecule has 0 atom stereocenters. The number of amides is 1. The van der Waals surface area contributed by atoms with Crippen molar-refractivity contribution in [3.63, 3.8) is 0 Å². The summed E-state index contributed by atoms with van der Waals surface area (Å²) >= 11 is 6.48. The molecule has 1 N–H and O–H groups in total. The third-order valence-electron chi connectivity index (χ3n) is 3.75. The van der Waals surface area contributed by atoms with Gasteiger partial charge in [-0.05, 0) is 30.7 Å². The molecular formula is C18H15N3O3S2. The number of anilines is 1. The molecule has 0 saturated carbocycles. The number of non-ortho nitro benzene ring substituents is 1. The summed E-state index contributed by atoms with van der Waals surface area (Å²) < 4.78 is 0.450. The Morgan fingerprint density at radius 3 is 2.69 bits per heavy atom. The van der Waals surface area contributed by atoms with Crippen molar-refractivity contribution in [2.75, 3.05) is 12.0 Å². The number of hydrogen-bond acceptors (Lipinski definition) is 6. The number of thiocarbonyl (C=S) groups is 1. The first kappa shape index (κ1) is 18.1. The van der Waals surface area contributed by atoms with Gasteiger partial charge in [0.2, 0.25) is 0 Å². The van der Waals surface area contributed by atoms with E-state index < -0.39 is 4.92 Å². The van der Waals surface area contributed by atoms with E-state index in [4.69, 9.17) is 12.2 Å². The number of hydrogen-bond donors (Lipinski definition) is 1. The highest BCUT2D eigenvalue weighted by molar-refractivity contribution is 8.26. The number of benzene rings is 2. The lowest BCUT2D eigenvalue weighted by Crippen LogP contribution is -2.33. The van der Waals surface area contributed by atoms with Crippen LogP contribution in [0.2, 0.25) is 0 Å². The molecule has 1 aliphatic heterocycles. The first-order chi connectivity index (χ1) is 12.4. The van der Waals surface area contributed by atoms with Crippen LogP contribution >= 0.6 is 24.0 Å². The summed E-state index contributed by atoms with van der Waals surface area (Å²) in [6.45, 7) is 2.27. The number of nitro benzene ring substituents is 1. The van der Waals surface area contributed by atoms with Gasteiger partial charge in [-0.15, -0.1) is 0 Å². The topological polar surface area (TPSA) is 75.5 Å². The molecule has 0 aromatic heterocycles. The van der Waals surface area contributed by atoms with Gasteiger partial charge < -0.3 is 5.32 Å². The molecule has 2 aromatic rings. The highest BCUT2D eigenvalue weighted by Gasteiger charge is 2.31. The average Bonchev–Trinajstić information content (AvgIpc) is 2.88. The molecular weight excluding hydrogens is 370 g/mol. The van der Waals surface area contributed by atoms with E-state index in [2.05, 4.69) is 5.32 Å². The molecule has 1 saturated heterocycles. The first-order valence-electron chi connectivity index (χ1n) is 7.74. The van der Waals surface area contributed by atoms with Crippen molar-refractivity contribution in [2.45, 2.75) is 6.92 Å². The SMILES string of the molecule is Cc1ccc(NCN2C(=O)/C(=C/c3cccc([N+](=O)[O-])c3)SC2=S)cc1. The lowest BCUT2D eigenvalue weighted by molar-refractivity contribution is -0.384. The Morgan fingerprint density at radius 1 is 1.27 bits per heavy atom. The Kier molecular flexibility index (Phi) is 5.34. The van der Waals surface area contributed by atoms with Crippen molar-refractivity contribution >= 4 is 51.7 Å². The van der Waals surface area contributed by atoms with Crippen molar-refractivity contribution in [1.29, 1.82) is 0 Å². The summed E-state index contributed by atoms with van der Waals surface area (Å²) in [6.07, 6.45) is 1.62. The monoisotopic (exact) mass is 385 g/mol. The van der Waals surface area contributed by atoms with Crippen molar-refractivity contribution in [1.82, 2.24) is 4.90 Å². The lowest BCUT2D eigenvalue weighted by Gasteiger charge is -2.16. The standard InChI is InChI=1S/C18H15N3O3S2/c1-12-5-7-14(8-6-12)19-11-20-17(22)16(26-18(20)25)10-13-3-2-4-15(9-13)21(23)24/h2-10,19H,11H2,1H3/b16-10-. The maximum atomic E-state index is 12.6. The number of carbonyl (C=O) groups is 1. The Morgan fingerprint density at radius 2 is 2.00 bits per heavy atom. The van der Waals surface area contributed by atoms with Gasteiger partial charge in [0.1, 0.15) is 4.32 Å². The number of rotatable bonds is 5. The highest BCUT2D eigenvalue weighted by atomic mass is 32.2. The Balaban J connectivity index is 1.73. The van der Waals surface area contributed by atoms with Crippen LogP contribution in [0.4, 0.5) is 11.4 Å². The molecule has 132 valence electrons. The third-order valence-corrected chi connectivity index (χ3v) is 5.12. The van der Waals surface area contributed by atoms with Crippen LogP contribution in [-0.2, 0) is 4.79 Å². The van der Waals surface area contributed by atoms with Gasteiger partial charge in [0.15, 0.2) is 0 Å². The molecule has 1 heterocycles. The van der Waals surface area contributed by atoms with Gasteiger partial charge in [0.25, 0.3) is 11.6 Å². The fourth-order valence-electron chi connectivity index (χ4n) is 2.36.